The molecule has 0 saturated carbocycles. The van der Waals surface area contributed by atoms with Gasteiger partial charge in [0.15, 0.2) is 5.13 Å². The fourth-order valence-corrected chi connectivity index (χ4v) is 4.27. The summed E-state index contributed by atoms with van der Waals surface area (Å²) >= 11 is 2.06. The Kier molecular flexibility index (Phi) is 7.87. The molecule has 0 fully saturated rings. The SMILES string of the molecule is CCCNc1nc(CSc2nc(C(F)(F)F)cc(C)c2C#N)c(C(=O)OCC)s1. The van der Waals surface area contributed by atoms with Gasteiger partial charge in [-0.3, -0.25) is 0 Å². The van der Waals surface area contributed by atoms with Gasteiger partial charge < -0.3 is 10.1 Å². The first-order valence-corrected chi connectivity index (χ1v) is 10.5. The van der Waals surface area contributed by atoms with Gasteiger partial charge in [-0.25, -0.2) is 14.8 Å². The highest BCUT2D eigenvalue weighted by atomic mass is 32.2. The van der Waals surface area contributed by atoms with Crippen LogP contribution in [0.25, 0.3) is 0 Å². The highest BCUT2D eigenvalue weighted by Crippen LogP contribution is 2.35. The smallest absolute Gasteiger partial charge is 0.433 e. The summed E-state index contributed by atoms with van der Waals surface area (Å²) in [4.78, 5) is 20.5. The Morgan fingerprint density at radius 3 is 2.69 bits per heavy atom. The van der Waals surface area contributed by atoms with Crippen molar-refractivity contribution in [3.05, 3.63) is 33.5 Å². The summed E-state index contributed by atoms with van der Waals surface area (Å²) in [5, 5.41) is 12.9. The third-order valence-electron chi connectivity index (χ3n) is 3.62. The van der Waals surface area contributed by atoms with Crippen LogP contribution in [0.15, 0.2) is 11.1 Å². The Labute approximate surface area is 174 Å². The number of nitriles is 1. The Morgan fingerprint density at radius 2 is 2.10 bits per heavy atom. The minimum atomic E-state index is -4.62. The molecule has 0 spiro atoms. The normalized spacial score (nSPS) is 11.2. The fraction of sp³-hybridized carbons (Fsp3) is 0.444. The lowest BCUT2D eigenvalue weighted by Crippen LogP contribution is -2.10. The first-order chi connectivity index (χ1) is 13.7. The van der Waals surface area contributed by atoms with Crippen molar-refractivity contribution >= 4 is 34.2 Å². The van der Waals surface area contributed by atoms with Gasteiger partial charge in [0.05, 0.1) is 17.9 Å². The van der Waals surface area contributed by atoms with Crippen LogP contribution in [0, 0.1) is 18.3 Å². The maximum absolute atomic E-state index is 13.1. The van der Waals surface area contributed by atoms with Crippen LogP contribution in [-0.2, 0) is 16.7 Å². The second-order valence-corrected chi connectivity index (χ2v) is 7.81. The van der Waals surface area contributed by atoms with E-state index in [9.17, 15) is 23.2 Å². The van der Waals surface area contributed by atoms with Gasteiger partial charge in [0.1, 0.15) is 21.7 Å². The largest absolute Gasteiger partial charge is 0.462 e. The van der Waals surface area contributed by atoms with Gasteiger partial charge in [0, 0.05) is 12.3 Å². The molecule has 6 nitrogen and oxygen atoms in total. The molecular formula is C18H19F3N4O2S2. The molecule has 0 amide bonds. The molecule has 0 aliphatic rings. The lowest BCUT2D eigenvalue weighted by molar-refractivity contribution is -0.141. The number of alkyl halides is 3. The van der Waals surface area contributed by atoms with Crippen molar-refractivity contribution in [3.8, 4) is 6.07 Å². The van der Waals surface area contributed by atoms with Gasteiger partial charge in [0.2, 0.25) is 0 Å². The fourth-order valence-electron chi connectivity index (χ4n) is 2.28. The number of nitrogens with one attached hydrogen (secondary N) is 1. The van der Waals surface area contributed by atoms with E-state index in [2.05, 4.69) is 15.3 Å². The van der Waals surface area contributed by atoms with E-state index in [-0.39, 0.29) is 33.4 Å². The summed E-state index contributed by atoms with van der Waals surface area (Å²) in [7, 11) is 0. The number of nitrogens with zero attached hydrogens (tertiary/aromatic N) is 3. The third kappa shape index (κ3) is 5.83. The molecule has 2 heterocycles. The Balaban J connectivity index is 2.35. The molecule has 1 N–H and O–H groups in total. The summed E-state index contributed by atoms with van der Waals surface area (Å²) in [6, 6.07) is 2.75. The topological polar surface area (TPSA) is 87.9 Å². The first kappa shape index (κ1) is 23.0. The van der Waals surface area contributed by atoms with Crippen molar-refractivity contribution in [2.45, 2.75) is 44.1 Å². The van der Waals surface area contributed by atoms with Crippen LogP contribution >= 0.6 is 23.1 Å². The van der Waals surface area contributed by atoms with Gasteiger partial charge in [-0.1, -0.05) is 30.0 Å². The zero-order chi connectivity index (χ0) is 21.6. The number of hydrogen-bond donors (Lipinski definition) is 1. The Morgan fingerprint density at radius 1 is 1.38 bits per heavy atom. The molecule has 2 rings (SSSR count). The molecule has 0 atom stereocenters. The number of ether oxygens (including phenoxy) is 1. The number of aromatic nitrogens is 2. The molecule has 0 unspecified atom stereocenters. The number of thioether (sulfide) groups is 1. The van der Waals surface area contributed by atoms with Crippen molar-refractivity contribution in [1.82, 2.24) is 9.97 Å². The van der Waals surface area contributed by atoms with E-state index < -0.39 is 17.8 Å². The number of thiazole rings is 1. The molecule has 2 aromatic heterocycles. The van der Waals surface area contributed by atoms with Crippen LogP contribution in [0.4, 0.5) is 18.3 Å². The summed E-state index contributed by atoms with van der Waals surface area (Å²) in [5.74, 6) is -0.472. The average Bonchev–Trinajstić information content (AvgIpc) is 3.07. The summed E-state index contributed by atoms with van der Waals surface area (Å²) in [6.07, 6.45) is -3.76. The van der Waals surface area contributed by atoms with E-state index in [0.717, 1.165) is 35.6 Å². The average molecular weight is 445 g/mol. The van der Waals surface area contributed by atoms with Gasteiger partial charge in [-0.05, 0) is 31.9 Å². The number of esters is 1. The van der Waals surface area contributed by atoms with E-state index >= 15 is 0 Å². The molecule has 11 heteroatoms. The standard InChI is InChI=1S/C18H19F3N4O2S2/c1-4-6-23-17-24-12(14(29-17)16(26)27-5-2)9-28-15-11(8-22)10(3)7-13(25-15)18(19,20)21/h7H,4-6,9H2,1-3H3,(H,23,24). The van der Waals surface area contributed by atoms with E-state index in [1.807, 2.05) is 13.0 Å². The lowest BCUT2D eigenvalue weighted by Gasteiger charge is -2.11. The molecular weight excluding hydrogens is 425 g/mol. The zero-order valence-electron chi connectivity index (χ0n) is 16.0. The highest BCUT2D eigenvalue weighted by Gasteiger charge is 2.34. The molecule has 0 saturated heterocycles. The molecule has 2 aromatic rings. The quantitative estimate of drug-likeness (QED) is 0.451. The van der Waals surface area contributed by atoms with Crippen LogP contribution in [-0.4, -0.2) is 29.1 Å². The molecule has 156 valence electrons. The van der Waals surface area contributed by atoms with Crippen LogP contribution in [0.3, 0.4) is 0 Å². The van der Waals surface area contributed by atoms with Crippen molar-refractivity contribution in [3.63, 3.8) is 0 Å². The maximum Gasteiger partial charge on any atom is 0.433 e. The van der Waals surface area contributed by atoms with E-state index in [1.165, 1.54) is 6.92 Å². The number of carbonyl (C=O) groups excluding carboxylic acids is 1. The molecule has 0 aromatic carbocycles. The first-order valence-electron chi connectivity index (χ1n) is 8.73. The van der Waals surface area contributed by atoms with Gasteiger partial charge in [0.25, 0.3) is 0 Å². The number of anilines is 1. The zero-order valence-corrected chi connectivity index (χ0v) is 17.6. The predicted octanol–water partition coefficient (Wildman–Crippen LogP) is 5.03. The van der Waals surface area contributed by atoms with Gasteiger partial charge >= 0.3 is 12.1 Å². The van der Waals surface area contributed by atoms with Crippen LogP contribution in [0.5, 0.6) is 0 Å². The monoisotopic (exact) mass is 444 g/mol. The van der Waals surface area contributed by atoms with E-state index in [0.29, 0.717) is 17.4 Å². The maximum atomic E-state index is 13.1. The molecule has 0 aliphatic carbocycles. The van der Waals surface area contributed by atoms with Crippen LogP contribution in [0.2, 0.25) is 0 Å². The highest BCUT2D eigenvalue weighted by molar-refractivity contribution is 7.98. The van der Waals surface area contributed by atoms with E-state index in [4.69, 9.17) is 4.74 Å². The van der Waals surface area contributed by atoms with Crippen molar-refractivity contribution in [1.29, 1.82) is 5.26 Å². The summed E-state index contributed by atoms with van der Waals surface area (Å²) in [6.45, 7) is 5.94. The van der Waals surface area contributed by atoms with Gasteiger partial charge in [-0.15, -0.1) is 0 Å². The number of halogens is 3. The predicted molar refractivity (Wildman–Crippen MR) is 105 cm³/mol. The number of rotatable bonds is 8. The van der Waals surface area contributed by atoms with E-state index in [1.54, 1.807) is 6.92 Å². The van der Waals surface area contributed by atoms with Crippen molar-refractivity contribution in [2.75, 3.05) is 18.5 Å². The van der Waals surface area contributed by atoms with Crippen molar-refractivity contribution in [2.24, 2.45) is 0 Å². The second-order valence-electron chi connectivity index (χ2n) is 5.84. The molecule has 0 aliphatic heterocycles. The summed E-state index contributed by atoms with van der Waals surface area (Å²) < 4.78 is 44.3. The number of hydrogen-bond acceptors (Lipinski definition) is 8. The minimum Gasteiger partial charge on any atom is -0.462 e. The summed E-state index contributed by atoms with van der Waals surface area (Å²) in [5.41, 5.74) is -0.435. The second kappa shape index (κ2) is 9.93. The minimum absolute atomic E-state index is 0.0503. The molecule has 0 radical (unpaired) electrons. The Bertz CT molecular complexity index is 923. The van der Waals surface area contributed by atoms with Crippen molar-refractivity contribution < 1.29 is 22.7 Å². The van der Waals surface area contributed by atoms with Gasteiger partial charge in [-0.2, -0.15) is 18.4 Å². The molecule has 0 bridgehead atoms. The van der Waals surface area contributed by atoms with Crippen LogP contribution in [0.1, 0.15) is 52.5 Å². The third-order valence-corrected chi connectivity index (χ3v) is 5.64. The molecule has 29 heavy (non-hydrogen) atoms. The number of carbonyl (C=O) groups is 1. The number of pyridine rings is 1. The van der Waals surface area contributed by atoms with Crippen LogP contribution < -0.4 is 5.32 Å². The Hall–Kier alpha value is -2.32. The number of aryl methyl sites for hydroxylation is 1. The lowest BCUT2D eigenvalue weighted by atomic mass is 10.1.